The summed E-state index contributed by atoms with van der Waals surface area (Å²) in [4.78, 5) is 16.5. The van der Waals surface area contributed by atoms with Gasteiger partial charge >= 0.3 is 5.97 Å². The van der Waals surface area contributed by atoms with Crippen molar-refractivity contribution < 1.29 is 14.3 Å². The number of fused-ring (bicyclic) bond motifs is 1. The molecule has 0 saturated carbocycles. The lowest BCUT2D eigenvalue weighted by molar-refractivity contribution is -0.153. The molecular weight excluding hydrogens is 352 g/mol. The molecule has 0 N–H and O–H groups in total. The Morgan fingerprint density at radius 1 is 1.32 bits per heavy atom. The largest absolute Gasteiger partial charge is 0.494 e. The molecule has 3 rings (SSSR count). The molecule has 1 heterocycles. The van der Waals surface area contributed by atoms with Gasteiger partial charge in [-0.3, -0.25) is 4.79 Å². The summed E-state index contributed by atoms with van der Waals surface area (Å²) in [6.45, 7) is 6.73. The summed E-state index contributed by atoms with van der Waals surface area (Å²) in [6.07, 6.45) is 8.69. The third kappa shape index (κ3) is 4.75. The van der Waals surface area contributed by atoms with Gasteiger partial charge in [0.25, 0.3) is 0 Å². The Morgan fingerprint density at radius 3 is 2.86 bits per heavy atom. The Balaban J connectivity index is 1.54. The molecule has 0 spiro atoms. The highest BCUT2D eigenvalue weighted by Crippen LogP contribution is 2.33. The summed E-state index contributed by atoms with van der Waals surface area (Å²) in [5.74, 6) is 2.41. The maximum atomic E-state index is 12.0. The van der Waals surface area contributed by atoms with Gasteiger partial charge in [-0.05, 0) is 76.1 Å². The number of imidazole rings is 1. The number of benzene rings is 1. The van der Waals surface area contributed by atoms with E-state index in [9.17, 15) is 4.79 Å². The van der Waals surface area contributed by atoms with Gasteiger partial charge in [0.2, 0.25) is 0 Å². The first-order valence-corrected chi connectivity index (χ1v) is 10.3. The molecule has 1 aromatic carbocycles. The van der Waals surface area contributed by atoms with Gasteiger partial charge in [-0.25, -0.2) is 4.98 Å². The van der Waals surface area contributed by atoms with Gasteiger partial charge in [0.1, 0.15) is 11.6 Å². The summed E-state index contributed by atoms with van der Waals surface area (Å²) < 4.78 is 13.3. The number of carbonyl (C=O) groups is 1. The minimum absolute atomic E-state index is 0.135. The average Bonchev–Trinajstić information content (AvgIpc) is 3.11. The van der Waals surface area contributed by atoms with Crippen molar-refractivity contribution in [3.8, 4) is 5.75 Å². The lowest BCUT2D eigenvalue weighted by Crippen LogP contribution is -2.27. The van der Waals surface area contributed by atoms with E-state index in [2.05, 4.69) is 34.8 Å². The van der Waals surface area contributed by atoms with E-state index in [1.54, 1.807) is 0 Å². The fourth-order valence-corrected chi connectivity index (χ4v) is 3.95. The van der Waals surface area contributed by atoms with Crippen molar-refractivity contribution in [2.45, 2.75) is 58.8 Å². The molecule has 5 heteroatoms. The van der Waals surface area contributed by atoms with Crippen LogP contribution in [0.5, 0.6) is 5.75 Å². The molecule has 1 unspecified atom stereocenters. The highest BCUT2D eigenvalue weighted by atomic mass is 16.5. The molecule has 152 valence electrons. The lowest BCUT2D eigenvalue weighted by atomic mass is 9.83. The average molecular weight is 385 g/mol. The number of hydrogen-bond donors (Lipinski definition) is 0. The van der Waals surface area contributed by atoms with Crippen LogP contribution in [0.3, 0.4) is 0 Å². The molecule has 5 nitrogen and oxygen atoms in total. The number of nitrogens with zero attached hydrogens (tertiary/aromatic N) is 2. The number of aromatic nitrogens is 2. The van der Waals surface area contributed by atoms with Crippen molar-refractivity contribution in [3.63, 3.8) is 0 Å². The molecule has 0 saturated heterocycles. The van der Waals surface area contributed by atoms with Crippen LogP contribution in [0.15, 0.2) is 30.6 Å². The Morgan fingerprint density at radius 2 is 2.14 bits per heavy atom. The maximum Gasteiger partial charge on any atom is 0.311 e. The van der Waals surface area contributed by atoms with Crippen LogP contribution in [-0.2, 0) is 29.4 Å². The van der Waals surface area contributed by atoms with E-state index in [-0.39, 0.29) is 5.97 Å². The van der Waals surface area contributed by atoms with Gasteiger partial charge in [0, 0.05) is 25.4 Å². The zero-order valence-electron chi connectivity index (χ0n) is 17.5. The molecule has 2 aromatic rings. The van der Waals surface area contributed by atoms with Crippen LogP contribution >= 0.6 is 0 Å². The first-order chi connectivity index (χ1) is 13.4. The zero-order chi connectivity index (χ0) is 20.1. The monoisotopic (exact) mass is 384 g/mol. The molecule has 28 heavy (non-hydrogen) atoms. The SMILES string of the molecule is CCOC(=O)C(C)(C)CCCOc1ccc2c(c1)CC(c1nccn1C)CC2. The van der Waals surface area contributed by atoms with Gasteiger partial charge < -0.3 is 14.0 Å². The van der Waals surface area contributed by atoms with Crippen LogP contribution in [0, 0.1) is 5.41 Å². The number of esters is 1. The summed E-state index contributed by atoms with van der Waals surface area (Å²) in [5, 5.41) is 0. The smallest absolute Gasteiger partial charge is 0.311 e. The molecule has 0 aliphatic heterocycles. The van der Waals surface area contributed by atoms with Crippen LogP contribution in [0.2, 0.25) is 0 Å². The maximum absolute atomic E-state index is 12.0. The van der Waals surface area contributed by atoms with Gasteiger partial charge in [-0.1, -0.05) is 6.07 Å². The second-order valence-electron chi connectivity index (χ2n) is 8.32. The Kier molecular flexibility index (Phi) is 6.42. The molecule has 1 aromatic heterocycles. The standard InChI is InChI=1S/C23H32N2O3/c1-5-27-22(26)23(2,3)11-6-14-28-20-10-9-17-7-8-18(15-19(17)16-20)21-24-12-13-25(21)4/h9-10,12-13,16,18H,5-8,11,14-15H2,1-4H3. The first kappa shape index (κ1) is 20.4. The zero-order valence-corrected chi connectivity index (χ0v) is 17.5. The van der Waals surface area contributed by atoms with E-state index in [1.165, 1.54) is 11.1 Å². The predicted molar refractivity (Wildman–Crippen MR) is 110 cm³/mol. The van der Waals surface area contributed by atoms with E-state index in [0.29, 0.717) is 19.1 Å². The predicted octanol–water partition coefficient (Wildman–Crippen LogP) is 4.44. The highest BCUT2D eigenvalue weighted by Gasteiger charge is 2.28. The summed E-state index contributed by atoms with van der Waals surface area (Å²) in [6, 6.07) is 6.44. The number of hydrogen-bond acceptors (Lipinski definition) is 4. The first-order valence-electron chi connectivity index (χ1n) is 10.3. The molecule has 0 bridgehead atoms. The number of ether oxygens (including phenoxy) is 2. The van der Waals surface area contributed by atoms with E-state index in [4.69, 9.17) is 9.47 Å². The molecule has 0 fully saturated rings. The molecule has 1 atom stereocenters. The topological polar surface area (TPSA) is 53.4 Å². The molecule has 0 radical (unpaired) electrons. The third-order valence-electron chi connectivity index (χ3n) is 5.67. The summed E-state index contributed by atoms with van der Waals surface area (Å²) in [5.41, 5.74) is 2.31. The lowest BCUT2D eigenvalue weighted by Gasteiger charge is -2.25. The molecule has 0 amide bonds. The van der Waals surface area contributed by atoms with Crippen molar-refractivity contribution in [2.24, 2.45) is 12.5 Å². The van der Waals surface area contributed by atoms with Crippen molar-refractivity contribution in [2.75, 3.05) is 13.2 Å². The van der Waals surface area contributed by atoms with Crippen LogP contribution < -0.4 is 4.74 Å². The van der Waals surface area contributed by atoms with Crippen molar-refractivity contribution >= 4 is 5.97 Å². The Hall–Kier alpha value is -2.30. The van der Waals surface area contributed by atoms with Gasteiger partial charge in [-0.2, -0.15) is 0 Å². The van der Waals surface area contributed by atoms with E-state index in [0.717, 1.165) is 43.7 Å². The minimum atomic E-state index is -0.468. The summed E-state index contributed by atoms with van der Waals surface area (Å²) >= 11 is 0. The second kappa shape index (κ2) is 8.80. The van der Waals surface area contributed by atoms with Crippen molar-refractivity contribution in [1.29, 1.82) is 0 Å². The number of rotatable bonds is 8. The number of aryl methyl sites for hydroxylation is 2. The Bertz CT molecular complexity index is 810. The van der Waals surface area contributed by atoms with E-state index in [1.807, 2.05) is 33.2 Å². The highest BCUT2D eigenvalue weighted by molar-refractivity contribution is 5.75. The van der Waals surface area contributed by atoms with Gasteiger partial charge in [0.15, 0.2) is 0 Å². The van der Waals surface area contributed by atoms with Crippen molar-refractivity contribution in [1.82, 2.24) is 9.55 Å². The van der Waals surface area contributed by atoms with Crippen LogP contribution in [0.4, 0.5) is 0 Å². The Labute approximate surface area is 168 Å². The van der Waals surface area contributed by atoms with Gasteiger partial charge in [-0.15, -0.1) is 0 Å². The number of carbonyl (C=O) groups excluding carboxylic acids is 1. The quantitative estimate of drug-likeness (QED) is 0.499. The van der Waals surface area contributed by atoms with Crippen molar-refractivity contribution in [3.05, 3.63) is 47.5 Å². The fraction of sp³-hybridized carbons (Fsp3) is 0.565. The molecule has 1 aliphatic rings. The van der Waals surface area contributed by atoms with E-state index >= 15 is 0 Å². The fourth-order valence-electron chi connectivity index (χ4n) is 3.95. The van der Waals surface area contributed by atoms with Crippen LogP contribution in [0.1, 0.15) is 62.9 Å². The minimum Gasteiger partial charge on any atom is -0.494 e. The van der Waals surface area contributed by atoms with E-state index < -0.39 is 5.41 Å². The van der Waals surface area contributed by atoms with Gasteiger partial charge in [0.05, 0.1) is 18.6 Å². The normalized spacial score (nSPS) is 16.5. The molecule has 1 aliphatic carbocycles. The third-order valence-corrected chi connectivity index (χ3v) is 5.67. The van der Waals surface area contributed by atoms with Crippen LogP contribution in [0.25, 0.3) is 0 Å². The summed E-state index contributed by atoms with van der Waals surface area (Å²) in [7, 11) is 2.06. The van der Waals surface area contributed by atoms with Crippen LogP contribution in [-0.4, -0.2) is 28.7 Å². The molecular formula is C23H32N2O3. The second-order valence-corrected chi connectivity index (χ2v) is 8.32.